The molecule has 0 bridgehead atoms. The molecule has 92 valence electrons. The Morgan fingerprint density at radius 1 is 1.28 bits per heavy atom. The van der Waals surface area contributed by atoms with Crippen molar-refractivity contribution in [3.63, 3.8) is 0 Å². The maximum atomic E-state index is 11.6. The Kier molecular flexibility index (Phi) is 3.63. The van der Waals surface area contributed by atoms with E-state index in [1.807, 2.05) is 0 Å². The van der Waals surface area contributed by atoms with E-state index in [1.165, 1.54) is 23.6 Å². The van der Waals surface area contributed by atoms with Gasteiger partial charge in [0, 0.05) is 18.1 Å². The van der Waals surface area contributed by atoms with E-state index in [9.17, 15) is 9.59 Å². The first kappa shape index (κ1) is 12.2. The number of rotatable bonds is 4. The highest BCUT2D eigenvalue weighted by Crippen LogP contribution is 2.03. The van der Waals surface area contributed by atoms with E-state index in [1.54, 1.807) is 17.0 Å². The molecule has 18 heavy (non-hydrogen) atoms. The van der Waals surface area contributed by atoms with Crippen LogP contribution in [0.4, 0.5) is 0 Å². The predicted molar refractivity (Wildman–Crippen MR) is 64.5 cm³/mol. The van der Waals surface area contributed by atoms with Crippen LogP contribution in [0.1, 0.15) is 26.5 Å². The van der Waals surface area contributed by atoms with Crippen molar-refractivity contribution < 1.29 is 14.7 Å². The first-order valence-corrected chi connectivity index (χ1v) is 5.95. The van der Waals surface area contributed by atoms with E-state index in [2.05, 4.69) is 15.3 Å². The summed E-state index contributed by atoms with van der Waals surface area (Å²) in [6.45, 7) is 0.281. The molecule has 6 nitrogen and oxygen atoms in total. The average molecular weight is 263 g/mol. The Morgan fingerprint density at radius 3 is 2.67 bits per heavy atom. The van der Waals surface area contributed by atoms with Gasteiger partial charge in [-0.2, -0.15) is 0 Å². The summed E-state index contributed by atoms with van der Waals surface area (Å²) in [6, 6.07) is 3.00. The minimum absolute atomic E-state index is 0.0235. The molecule has 0 aliphatic rings. The molecule has 0 fully saturated rings. The van der Waals surface area contributed by atoms with Crippen molar-refractivity contribution >= 4 is 23.2 Å². The van der Waals surface area contributed by atoms with Crippen LogP contribution in [0, 0.1) is 0 Å². The summed E-state index contributed by atoms with van der Waals surface area (Å²) in [5.41, 5.74) is 2.65. The SMILES string of the molecule is O=C(O)c1ccc(CNC(=O)c2cscn2)cn1. The molecule has 0 spiro atoms. The number of thiazole rings is 1. The lowest BCUT2D eigenvalue weighted by atomic mass is 10.2. The minimum Gasteiger partial charge on any atom is -0.477 e. The van der Waals surface area contributed by atoms with Gasteiger partial charge >= 0.3 is 5.97 Å². The second-order valence-electron chi connectivity index (χ2n) is 3.41. The number of aromatic nitrogens is 2. The molecule has 0 unspecified atom stereocenters. The van der Waals surface area contributed by atoms with Crippen molar-refractivity contribution in [2.45, 2.75) is 6.54 Å². The van der Waals surface area contributed by atoms with Gasteiger partial charge in [-0.25, -0.2) is 14.8 Å². The third-order valence-electron chi connectivity index (χ3n) is 2.16. The van der Waals surface area contributed by atoms with Crippen LogP contribution in [0.5, 0.6) is 0 Å². The average Bonchev–Trinajstić information content (AvgIpc) is 2.90. The van der Waals surface area contributed by atoms with Crippen molar-refractivity contribution in [3.05, 3.63) is 46.2 Å². The van der Waals surface area contributed by atoms with Crippen molar-refractivity contribution in [2.24, 2.45) is 0 Å². The maximum Gasteiger partial charge on any atom is 0.354 e. The fourth-order valence-electron chi connectivity index (χ4n) is 1.25. The maximum absolute atomic E-state index is 11.6. The smallest absolute Gasteiger partial charge is 0.354 e. The Morgan fingerprint density at radius 2 is 2.11 bits per heavy atom. The number of nitrogens with one attached hydrogen (secondary N) is 1. The first-order valence-electron chi connectivity index (χ1n) is 5.01. The zero-order valence-electron chi connectivity index (χ0n) is 9.16. The van der Waals surface area contributed by atoms with Gasteiger partial charge in [0.1, 0.15) is 11.4 Å². The third kappa shape index (κ3) is 2.89. The Hall–Kier alpha value is -2.28. The molecule has 1 amide bonds. The second-order valence-corrected chi connectivity index (χ2v) is 4.13. The van der Waals surface area contributed by atoms with Gasteiger partial charge in [0.05, 0.1) is 5.51 Å². The lowest BCUT2D eigenvalue weighted by molar-refractivity contribution is 0.0690. The van der Waals surface area contributed by atoms with E-state index in [4.69, 9.17) is 5.11 Å². The van der Waals surface area contributed by atoms with Crippen LogP contribution in [-0.2, 0) is 6.54 Å². The Labute approximate surface area is 106 Å². The summed E-state index contributed by atoms with van der Waals surface area (Å²) in [4.78, 5) is 29.8. The van der Waals surface area contributed by atoms with Gasteiger partial charge in [0.15, 0.2) is 0 Å². The van der Waals surface area contributed by atoms with Gasteiger partial charge in [-0.15, -0.1) is 11.3 Å². The molecule has 0 radical (unpaired) electrons. The molecule has 2 aromatic rings. The number of carbonyl (C=O) groups is 2. The molecule has 2 aromatic heterocycles. The van der Waals surface area contributed by atoms with E-state index >= 15 is 0 Å². The highest BCUT2D eigenvalue weighted by Gasteiger charge is 2.07. The molecular formula is C11H9N3O3S. The van der Waals surface area contributed by atoms with E-state index < -0.39 is 5.97 Å². The van der Waals surface area contributed by atoms with Gasteiger partial charge in [-0.3, -0.25) is 4.79 Å². The highest BCUT2D eigenvalue weighted by molar-refractivity contribution is 7.07. The third-order valence-corrected chi connectivity index (χ3v) is 2.75. The molecule has 0 aromatic carbocycles. The number of carboxylic acid groups (broad SMARTS) is 1. The molecule has 2 heterocycles. The van der Waals surface area contributed by atoms with Crippen LogP contribution in [-0.4, -0.2) is 27.0 Å². The summed E-state index contributed by atoms with van der Waals surface area (Å²) in [5.74, 6) is -1.34. The van der Waals surface area contributed by atoms with E-state index in [0.29, 0.717) is 5.69 Å². The largest absolute Gasteiger partial charge is 0.477 e. The van der Waals surface area contributed by atoms with Gasteiger partial charge in [-0.1, -0.05) is 6.07 Å². The molecule has 0 saturated heterocycles. The second kappa shape index (κ2) is 5.37. The summed E-state index contributed by atoms with van der Waals surface area (Å²) >= 11 is 1.35. The van der Waals surface area contributed by atoms with Crippen molar-refractivity contribution in [1.29, 1.82) is 0 Å². The van der Waals surface area contributed by atoms with Gasteiger partial charge in [0.25, 0.3) is 5.91 Å². The summed E-state index contributed by atoms with van der Waals surface area (Å²) < 4.78 is 0. The molecular weight excluding hydrogens is 254 g/mol. The van der Waals surface area contributed by atoms with Crippen LogP contribution >= 0.6 is 11.3 Å². The monoisotopic (exact) mass is 263 g/mol. The van der Waals surface area contributed by atoms with Crippen LogP contribution < -0.4 is 5.32 Å². The van der Waals surface area contributed by atoms with E-state index in [0.717, 1.165) is 5.56 Å². The summed E-state index contributed by atoms with van der Waals surface area (Å²) in [7, 11) is 0. The molecule has 0 atom stereocenters. The number of amides is 1. The number of nitrogens with zero attached hydrogens (tertiary/aromatic N) is 2. The van der Waals surface area contributed by atoms with Crippen LogP contribution in [0.15, 0.2) is 29.2 Å². The summed E-state index contributed by atoms with van der Waals surface area (Å²) in [5, 5.41) is 13.0. The van der Waals surface area contributed by atoms with E-state index in [-0.39, 0.29) is 18.1 Å². The number of carbonyl (C=O) groups excluding carboxylic acids is 1. The summed E-state index contributed by atoms with van der Waals surface area (Å²) in [6.07, 6.45) is 1.42. The number of hydrogen-bond acceptors (Lipinski definition) is 5. The fourth-order valence-corrected chi connectivity index (χ4v) is 1.79. The van der Waals surface area contributed by atoms with Gasteiger partial charge < -0.3 is 10.4 Å². The van der Waals surface area contributed by atoms with Crippen molar-refractivity contribution in [1.82, 2.24) is 15.3 Å². The lowest BCUT2D eigenvalue weighted by Gasteiger charge is -2.03. The highest BCUT2D eigenvalue weighted by atomic mass is 32.1. The van der Waals surface area contributed by atoms with Crippen LogP contribution in [0.25, 0.3) is 0 Å². The molecule has 7 heteroatoms. The predicted octanol–water partition coefficient (Wildman–Crippen LogP) is 1.17. The number of pyridine rings is 1. The lowest BCUT2D eigenvalue weighted by Crippen LogP contribution is -2.23. The van der Waals surface area contributed by atoms with Crippen LogP contribution in [0.3, 0.4) is 0 Å². The molecule has 2 N–H and O–H groups in total. The number of aromatic carboxylic acids is 1. The molecule has 0 aliphatic carbocycles. The molecule has 2 rings (SSSR count). The molecule has 0 aliphatic heterocycles. The van der Waals surface area contributed by atoms with Crippen molar-refractivity contribution in [2.75, 3.05) is 0 Å². The Bertz CT molecular complexity index is 551. The normalized spacial score (nSPS) is 10.0. The number of hydrogen-bond donors (Lipinski definition) is 2. The minimum atomic E-state index is -1.08. The topological polar surface area (TPSA) is 92.2 Å². The zero-order chi connectivity index (χ0) is 13.0. The van der Waals surface area contributed by atoms with Gasteiger partial charge in [-0.05, 0) is 11.6 Å². The van der Waals surface area contributed by atoms with Crippen molar-refractivity contribution in [3.8, 4) is 0 Å². The Balaban J connectivity index is 1.94. The standard InChI is InChI=1S/C11H9N3O3S/c15-10(9-5-18-6-14-9)13-4-7-1-2-8(11(16)17)12-3-7/h1-3,5-6H,4H2,(H,13,15)(H,16,17). The first-order chi connectivity index (χ1) is 8.66. The molecule has 0 saturated carbocycles. The van der Waals surface area contributed by atoms with Crippen LogP contribution in [0.2, 0.25) is 0 Å². The quantitative estimate of drug-likeness (QED) is 0.863. The van der Waals surface area contributed by atoms with Gasteiger partial charge in [0.2, 0.25) is 0 Å². The number of carboxylic acids is 1. The fraction of sp³-hybridized carbons (Fsp3) is 0.0909. The zero-order valence-corrected chi connectivity index (χ0v) is 9.98.